The van der Waals surface area contributed by atoms with Crippen molar-refractivity contribution >= 4 is 33.2 Å². The van der Waals surface area contributed by atoms with Crippen molar-refractivity contribution in [1.82, 2.24) is 5.32 Å². The number of aryl methyl sites for hydroxylation is 1. The van der Waals surface area contributed by atoms with Gasteiger partial charge in [0.05, 0.1) is 11.5 Å². The topological polar surface area (TPSA) is 75.3 Å². The lowest BCUT2D eigenvalue weighted by Gasteiger charge is -2.12. The first kappa shape index (κ1) is 14.1. The maximum Gasteiger partial charge on any atom is 0.319 e. The van der Waals surface area contributed by atoms with E-state index in [9.17, 15) is 13.2 Å². The van der Waals surface area contributed by atoms with Crippen LogP contribution < -0.4 is 10.6 Å². The van der Waals surface area contributed by atoms with Crippen molar-refractivity contribution in [2.75, 3.05) is 16.8 Å². The summed E-state index contributed by atoms with van der Waals surface area (Å²) in [4.78, 5) is 11.7. The summed E-state index contributed by atoms with van der Waals surface area (Å²) in [5.41, 5.74) is 1.50. The van der Waals surface area contributed by atoms with E-state index in [4.69, 9.17) is 11.6 Å². The van der Waals surface area contributed by atoms with E-state index in [0.29, 0.717) is 17.1 Å². The molecule has 0 radical (unpaired) electrons. The number of rotatable bonds is 2. The normalized spacial score (nSPS) is 21.1. The highest BCUT2D eigenvalue weighted by molar-refractivity contribution is 7.91. The number of benzene rings is 1. The van der Waals surface area contributed by atoms with Gasteiger partial charge in [0.2, 0.25) is 0 Å². The van der Waals surface area contributed by atoms with E-state index in [2.05, 4.69) is 10.6 Å². The van der Waals surface area contributed by atoms with E-state index in [1.54, 1.807) is 18.2 Å². The van der Waals surface area contributed by atoms with Crippen molar-refractivity contribution in [2.24, 2.45) is 0 Å². The van der Waals surface area contributed by atoms with Gasteiger partial charge >= 0.3 is 6.03 Å². The predicted octanol–water partition coefficient (Wildman–Crippen LogP) is 1.96. The Morgan fingerprint density at radius 1 is 1.42 bits per heavy atom. The van der Waals surface area contributed by atoms with Crippen molar-refractivity contribution in [3.05, 3.63) is 28.8 Å². The number of hydrogen-bond donors (Lipinski definition) is 2. The molecule has 0 aromatic heterocycles. The minimum atomic E-state index is -2.99. The van der Waals surface area contributed by atoms with Gasteiger partial charge in [-0.25, -0.2) is 13.2 Å². The summed E-state index contributed by atoms with van der Waals surface area (Å²) in [5.74, 6) is 0.142. The number of nitrogens with one attached hydrogen (secondary N) is 2. The van der Waals surface area contributed by atoms with Crippen LogP contribution in [0.5, 0.6) is 0 Å². The summed E-state index contributed by atoms with van der Waals surface area (Å²) in [6.07, 6.45) is 0.463. The minimum absolute atomic E-state index is 0.00900. The maximum atomic E-state index is 11.7. The van der Waals surface area contributed by atoms with Crippen molar-refractivity contribution in [1.29, 1.82) is 0 Å². The van der Waals surface area contributed by atoms with Crippen molar-refractivity contribution in [3.8, 4) is 0 Å². The lowest BCUT2D eigenvalue weighted by molar-refractivity contribution is 0.249. The SMILES string of the molecule is Cc1ccc(NC(=O)NC2CCS(=O)(=O)C2)cc1Cl. The molecule has 2 rings (SSSR count). The summed E-state index contributed by atoms with van der Waals surface area (Å²) >= 11 is 5.95. The second-order valence-corrected chi connectivity index (χ2v) is 7.30. The average Bonchev–Trinajstić information content (AvgIpc) is 2.63. The number of urea groups is 1. The molecule has 0 spiro atoms. The highest BCUT2D eigenvalue weighted by Crippen LogP contribution is 2.20. The van der Waals surface area contributed by atoms with Gasteiger partial charge in [-0.15, -0.1) is 0 Å². The number of hydrogen-bond acceptors (Lipinski definition) is 3. The number of halogens is 1. The van der Waals surface area contributed by atoms with Gasteiger partial charge in [-0.2, -0.15) is 0 Å². The van der Waals surface area contributed by atoms with Gasteiger partial charge in [0.15, 0.2) is 9.84 Å². The summed E-state index contributed by atoms with van der Waals surface area (Å²) < 4.78 is 22.5. The highest BCUT2D eigenvalue weighted by Gasteiger charge is 2.28. The molecule has 19 heavy (non-hydrogen) atoms. The fourth-order valence-electron chi connectivity index (χ4n) is 1.93. The molecule has 1 saturated heterocycles. The number of carbonyl (C=O) groups is 1. The maximum absolute atomic E-state index is 11.7. The second kappa shape index (κ2) is 5.38. The lowest BCUT2D eigenvalue weighted by Crippen LogP contribution is -2.38. The molecule has 0 saturated carbocycles. The highest BCUT2D eigenvalue weighted by atomic mass is 35.5. The van der Waals surface area contributed by atoms with E-state index in [1.165, 1.54) is 0 Å². The fourth-order valence-corrected chi connectivity index (χ4v) is 3.79. The van der Waals surface area contributed by atoms with E-state index < -0.39 is 15.9 Å². The number of amides is 2. The first-order chi connectivity index (χ1) is 8.85. The van der Waals surface area contributed by atoms with Gasteiger partial charge in [-0.1, -0.05) is 17.7 Å². The van der Waals surface area contributed by atoms with Crippen LogP contribution in [-0.2, 0) is 9.84 Å². The monoisotopic (exact) mass is 302 g/mol. The van der Waals surface area contributed by atoms with Crippen LogP contribution in [0.4, 0.5) is 10.5 Å². The molecule has 1 heterocycles. The third-order valence-corrected chi connectivity index (χ3v) is 5.17. The number of sulfone groups is 1. The molecule has 1 unspecified atom stereocenters. The third kappa shape index (κ3) is 3.84. The van der Waals surface area contributed by atoms with E-state index in [-0.39, 0.29) is 17.5 Å². The molecule has 7 heteroatoms. The molecule has 2 amide bonds. The molecule has 1 aromatic rings. The molecule has 1 aliphatic heterocycles. The second-order valence-electron chi connectivity index (χ2n) is 4.66. The molecule has 1 atom stereocenters. The summed E-state index contributed by atoms with van der Waals surface area (Å²) in [7, 11) is -2.99. The first-order valence-corrected chi connectivity index (χ1v) is 8.10. The summed E-state index contributed by atoms with van der Waals surface area (Å²) in [6, 6.07) is 4.47. The first-order valence-electron chi connectivity index (χ1n) is 5.90. The van der Waals surface area contributed by atoms with Gasteiger partial charge in [0.1, 0.15) is 0 Å². The van der Waals surface area contributed by atoms with Crippen LogP contribution in [0.3, 0.4) is 0 Å². The van der Waals surface area contributed by atoms with Gasteiger partial charge in [-0.05, 0) is 31.0 Å². The molecule has 0 aliphatic carbocycles. The molecule has 1 aliphatic rings. The van der Waals surface area contributed by atoms with Crippen LogP contribution in [-0.4, -0.2) is 32.0 Å². The summed E-state index contributed by atoms with van der Waals surface area (Å²) in [5, 5.41) is 5.85. The smallest absolute Gasteiger partial charge is 0.319 e. The van der Waals surface area contributed by atoms with Crippen LogP contribution in [0.25, 0.3) is 0 Å². The number of anilines is 1. The Bertz CT molecular complexity index is 601. The summed E-state index contributed by atoms with van der Waals surface area (Å²) in [6.45, 7) is 1.87. The van der Waals surface area contributed by atoms with Gasteiger partial charge in [0.25, 0.3) is 0 Å². The quantitative estimate of drug-likeness (QED) is 0.877. The molecule has 0 bridgehead atoms. The zero-order valence-electron chi connectivity index (χ0n) is 10.4. The fraction of sp³-hybridized carbons (Fsp3) is 0.417. The van der Waals surface area contributed by atoms with Crippen LogP contribution in [0.2, 0.25) is 5.02 Å². The van der Waals surface area contributed by atoms with Crippen LogP contribution >= 0.6 is 11.6 Å². The Labute approximate surface area is 117 Å². The van der Waals surface area contributed by atoms with Crippen molar-refractivity contribution in [3.63, 3.8) is 0 Å². The van der Waals surface area contributed by atoms with E-state index >= 15 is 0 Å². The molecule has 1 aromatic carbocycles. The molecule has 1 fully saturated rings. The Hall–Kier alpha value is -1.27. The largest absolute Gasteiger partial charge is 0.334 e. The van der Waals surface area contributed by atoms with Crippen molar-refractivity contribution in [2.45, 2.75) is 19.4 Å². The Morgan fingerprint density at radius 2 is 2.16 bits per heavy atom. The average molecular weight is 303 g/mol. The molecule has 104 valence electrons. The predicted molar refractivity (Wildman–Crippen MR) is 75.4 cm³/mol. The third-order valence-electron chi connectivity index (χ3n) is 3.00. The minimum Gasteiger partial charge on any atom is -0.334 e. The van der Waals surface area contributed by atoms with Crippen molar-refractivity contribution < 1.29 is 13.2 Å². The van der Waals surface area contributed by atoms with E-state index in [0.717, 1.165) is 5.56 Å². The van der Waals surface area contributed by atoms with Gasteiger partial charge in [-0.3, -0.25) is 0 Å². The number of carbonyl (C=O) groups excluding carboxylic acids is 1. The van der Waals surface area contributed by atoms with Gasteiger partial charge in [0, 0.05) is 16.8 Å². The standard InChI is InChI=1S/C12H15ClN2O3S/c1-8-2-3-9(6-11(8)13)14-12(16)15-10-4-5-19(17,18)7-10/h2-3,6,10H,4-5,7H2,1H3,(H2,14,15,16). The Kier molecular flexibility index (Phi) is 4.01. The molecule has 2 N–H and O–H groups in total. The Balaban J connectivity index is 1.93. The molecular formula is C12H15ClN2O3S. The molecule has 5 nitrogen and oxygen atoms in total. The lowest BCUT2D eigenvalue weighted by atomic mass is 10.2. The van der Waals surface area contributed by atoms with E-state index in [1.807, 2.05) is 6.92 Å². The van der Waals surface area contributed by atoms with Crippen LogP contribution in [0.15, 0.2) is 18.2 Å². The van der Waals surface area contributed by atoms with Crippen LogP contribution in [0, 0.1) is 6.92 Å². The Morgan fingerprint density at radius 3 is 2.74 bits per heavy atom. The molecular weight excluding hydrogens is 288 g/mol. The van der Waals surface area contributed by atoms with Gasteiger partial charge < -0.3 is 10.6 Å². The zero-order chi connectivity index (χ0) is 14.0. The van der Waals surface area contributed by atoms with Crippen LogP contribution in [0.1, 0.15) is 12.0 Å². The zero-order valence-corrected chi connectivity index (χ0v) is 12.0.